The molecule has 0 bridgehead atoms. The third kappa shape index (κ3) is 6.06. The monoisotopic (exact) mass is 708 g/mol. The van der Waals surface area contributed by atoms with E-state index in [4.69, 9.17) is 27.9 Å². The number of H-pyrrole nitrogens is 1. The summed E-state index contributed by atoms with van der Waals surface area (Å²) in [6.07, 6.45) is 1.36. The second-order valence-corrected chi connectivity index (χ2v) is 11.2. The van der Waals surface area contributed by atoms with Crippen LogP contribution in [0.3, 0.4) is 0 Å². The first-order valence-electron chi connectivity index (χ1n) is 11.9. The van der Waals surface area contributed by atoms with Gasteiger partial charge in [-0.05, 0) is 64.5 Å². The Morgan fingerprint density at radius 1 is 1.00 bits per heavy atom. The van der Waals surface area contributed by atoms with Gasteiger partial charge in [0, 0.05) is 36.6 Å². The van der Waals surface area contributed by atoms with Crippen molar-refractivity contribution < 1.29 is 14.3 Å². The highest BCUT2D eigenvalue weighted by molar-refractivity contribution is 9.11. The summed E-state index contributed by atoms with van der Waals surface area (Å²) in [6.45, 7) is 0. The molecule has 7 nitrogen and oxygen atoms in total. The fraction of sp³-hybridized carbons (Fsp3) is 0. The summed E-state index contributed by atoms with van der Waals surface area (Å²) >= 11 is 19.3. The summed E-state index contributed by atoms with van der Waals surface area (Å²) in [7, 11) is 0. The number of esters is 1. The van der Waals surface area contributed by atoms with Crippen LogP contribution in [0.15, 0.2) is 92.9 Å². The molecule has 0 atom stereocenters. The zero-order valence-electron chi connectivity index (χ0n) is 20.7. The molecule has 0 spiro atoms. The number of hydrogen-bond acceptors (Lipinski definition) is 5. The molecular weight excluding hydrogens is 695 g/mol. The molecule has 0 aliphatic rings. The highest BCUT2D eigenvalue weighted by atomic mass is 79.9. The second kappa shape index (κ2) is 12.3. The van der Waals surface area contributed by atoms with Gasteiger partial charge in [-0.2, -0.15) is 10.4 Å². The molecule has 0 radical (unpaired) electrons. The van der Waals surface area contributed by atoms with E-state index in [1.165, 1.54) is 6.21 Å². The number of hydrogen-bond donors (Lipinski definition) is 2. The molecule has 5 aromatic rings. The number of ether oxygens (including phenoxy) is 1. The summed E-state index contributed by atoms with van der Waals surface area (Å²) < 4.78 is 6.82. The van der Waals surface area contributed by atoms with E-state index < -0.39 is 11.9 Å². The van der Waals surface area contributed by atoms with E-state index >= 15 is 0 Å². The zero-order chi connectivity index (χ0) is 29.1. The maximum absolute atomic E-state index is 13.4. The number of para-hydroxylation sites is 1. The van der Waals surface area contributed by atoms with Crippen molar-refractivity contribution in [1.29, 1.82) is 5.26 Å². The Bertz CT molecular complexity index is 1900. The van der Waals surface area contributed by atoms with E-state index in [-0.39, 0.29) is 11.4 Å². The number of halogens is 4. The molecule has 41 heavy (non-hydrogen) atoms. The number of fused-ring (bicyclic) bond motifs is 1. The highest BCUT2D eigenvalue weighted by Crippen LogP contribution is 2.38. The number of nitriles is 1. The molecule has 5 rings (SSSR count). The number of amides is 1. The summed E-state index contributed by atoms with van der Waals surface area (Å²) in [5.74, 6) is -0.962. The molecule has 4 aromatic carbocycles. The van der Waals surface area contributed by atoms with Crippen molar-refractivity contribution in [3.05, 3.63) is 120 Å². The molecule has 2 N–H and O–H groups in total. The van der Waals surface area contributed by atoms with Gasteiger partial charge in [-0.3, -0.25) is 4.79 Å². The Balaban J connectivity index is 1.48. The van der Waals surface area contributed by atoms with Gasteiger partial charge in [0.1, 0.15) is 11.8 Å². The minimum atomic E-state index is -0.598. The lowest BCUT2D eigenvalue weighted by molar-refractivity contribution is 0.0733. The first-order chi connectivity index (χ1) is 19.8. The number of nitrogens with one attached hydrogen (secondary N) is 2. The fourth-order valence-electron chi connectivity index (χ4n) is 4.16. The molecule has 0 unspecified atom stereocenters. The van der Waals surface area contributed by atoms with Crippen LogP contribution in [0.1, 0.15) is 32.0 Å². The zero-order valence-corrected chi connectivity index (χ0v) is 25.4. The van der Waals surface area contributed by atoms with Crippen LogP contribution in [0.4, 0.5) is 0 Å². The van der Waals surface area contributed by atoms with Crippen molar-refractivity contribution >= 4 is 84.1 Å². The van der Waals surface area contributed by atoms with Gasteiger partial charge >= 0.3 is 5.97 Å². The third-order valence-electron chi connectivity index (χ3n) is 6.01. The van der Waals surface area contributed by atoms with Gasteiger partial charge in [0.2, 0.25) is 0 Å². The van der Waals surface area contributed by atoms with E-state index in [9.17, 15) is 14.9 Å². The molecule has 1 amide bonds. The molecule has 1 aromatic heterocycles. The number of hydrazone groups is 1. The average molecular weight is 711 g/mol. The van der Waals surface area contributed by atoms with Gasteiger partial charge < -0.3 is 9.72 Å². The van der Waals surface area contributed by atoms with Crippen LogP contribution in [-0.4, -0.2) is 23.1 Å². The van der Waals surface area contributed by atoms with Crippen LogP contribution < -0.4 is 10.2 Å². The Kier molecular flexibility index (Phi) is 8.57. The van der Waals surface area contributed by atoms with Crippen LogP contribution in [-0.2, 0) is 0 Å². The van der Waals surface area contributed by atoms with Crippen molar-refractivity contribution in [1.82, 2.24) is 10.4 Å². The van der Waals surface area contributed by atoms with Gasteiger partial charge in [-0.25, -0.2) is 10.2 Å². The molecule has 0 saturated carbocycles. The maximum atomic E-state index is 13.4. The van der Waals surface area contributed by atoms with E-state index in [2.05, 4.69) is 53.4 Å². The highest BCUT2D eigenvalue weighted by Gasteiger charge is 2.22. The normalized spacial score (nSPS) is 11.0. The van der Waals surface area contributed by atoms with Crippen LogP contribution in [0.2, 0.25) is 10.0 Å². The van der Waals surface area contributed by atoms with Crippen molar-refractivity contribution in [3.8, 4) is 22.9 Å². The van der Waals surface area contributed by atoms with Crippen molar-refractivity contribution in [2.45, 2.75) is 0 Å². The molecule has 11 heteroatoms. The number of aromatic amines is 1. The van der Waals surface area contributed by atoms with Crippen LogP contribution in [0, 0.1) is 11.3 Å². The van der Waals surface area contributed by atoms with Crippen molar-refractivity contribution in [2.24, 2.45) is 5.10 Å². The lowest BCUT2D eigenvalue weighted by Gasteiger charge is -2.11. The number of benzene rings is 4. The van der Waals surface area contributed by atoms with Crippen molar-refractivity contribution in [2.75, 3.05) is 0 Å². The van der Waals surface area contributed by atoms with Gasteiger partial charge in [-0.1, -0.05) is 69.5 Å². The first-order valence-corrected chi connectivity index (χ1v) is 14.2. The van der Waals surface area contributed by atoms with Crippen molar-refractivity contribution in [3.63, 3.8) is 0 Å². The lowest BCUT2D eigenvalue weighted by Crippen LogP contribution is -2.19. The fourth-order valence-corrected chi connectivity index (χ4v) is 5.86. The smallest absolute Gasteiger partial charge is 0.343 e. The maximum Gasteiger partial charge on any atom is 0.343 e. The minimum Gasteiger partial charge on any atom is -0.421 e. The summed E-state index contributed by atoms with van der Waals surface area (Å²) in [5.41, 5.74) is 5.46. The first kappa shape index (κ1) is 28.6. The molecule has 0 aliphatic carbocycles. The predicted octanol–water partition coefficient (Wildman–Crippen LogP) is 8.52. The standard InChI is InChI=1S/C30H16Br2Cl2N4O3/c31-19-12-18(28(23(32)13-19)41-30(40)16-8-10-20(33)11-9-16)15-36-38-29(39)27-25(21-5-1-2-7-24(21)34)22-6-3-4-17(14-35)26(22)37-27/h1-13,15,37H,(H,38,39). The number of carbonyl (C=O) groups is 2. The Labute approximate surface area is 261 Å². The number of aromatic nitrogens is 1. The Hall–Kier alpha value is -3.94. The molecular formula is C30H16Br2Cl2N4O3. The van der Waals surface area contributed by atoms with E-state index in [1.54, 1.807) is 66.7 Å². The third-order valence-corrected chi connectivity index (χ3v) is 7.63. The van der Waals surface area contributed by atoms with E-state index in [0.29, 0.717) is 57.7 Å². The largest absolute Gasteiger partial charge is 0.421 e. The molecule has 202 valence electrons. The molecule has 0 fully saturated rings. The van der Waals surface area contributed by atoms with Crippen LogP contribution in [0.25, 0.3) is 22.0 Å². The number of rotatable bonds is 6. The van der Waals surface area contributed by atoms with Gasteiger partial charge in [-0.15, -0.1) is 0 Å². The predicted molar refractivity (Wildman–Crippen MR) is 167 cm³/mol. The quantitative estimate of drug-likeness (QED) is 0.0797. The average Bonchev–Trinajstić information content (AvgIpc) is 3.35. The van der Waals surface area contributed by atoms with Gasteiger partial charge in [0.05, 0.1) is 27.3 Å². The topological polar surface area (TPSA) is 107 Å². The van der Waals surface area contributed by atoms with Crippen LogP contribution in [0.5, 0.6) is 5.75 Å². The summed E-state index contributed by atoms with van der Waals surface area (Å²) in [6, 6.07) is 24.2. The molecule has 0 aliphatic heterocycles. The Morgan fingerprint density at radius 3 is 2.49 bits per heavy atom. The lowest BCUT2D eigenvalue weighted by atomic mass is 10.0. The number of nitrogens with zero attached hydrogens (tertiary/aromatic N) is 2. The number of carbonyl (C=O) groups excluding carboxylic acids is 2. The summed E-state index contributed by atoms with van der Waals surface area (Å²) in [4.78, 5) is 29.3. The second-order valence-electron chi connectivity index (χ2n) is 8.60. The van der Waals surface area contributed by atoms with Gasteiger partial charge in [0.25, 0.3) is 5.91 Å². The molecule has 1 heterocycles. The Morgan fingerprint density at radius 2 is 1.76 bits per heavy atom. The van der Waals surface area contributed by atoms with Crippen LogP contribution >= 0.6 is 55.1 Å². The van der Waals surface area contributed by atoms with E-state index in [1.807, 2.05) is 12.1 Å². The van der Waals surface area contributed by atoms with E-state index in [0.717, 1.165) is 0 Å². The SMILES string of the molecule is N#Cc1cccc2c(-c3ccccc3Cl)c(C(=O)NN=Cc3cc(Br)cc(Br)c3OC(=O)c3ccc(Cl)cc3)[nH]c12. The van der Waals surface area contributed by atoms with Gasteiger partial charge in [0.15, 0.2) is 5.75 Å². The minimum absolute atomic E-state index is 0.178. The molecule has 0 saturated heterocycles. The summed E-state index contributed by atoms with van der Waals surface area (Å²) in [5, 5.41) is 15.3.